The van der Waals surface area contributed by atoms with Crippen LogP contribution in [-0.4, -0.2) is 19.0 Å². The Bertz CT molecular complexity index is 187. The summed E-state index contributed by atoms with van der Waals surface area (Å²) in [5.41, 5.74) is 0. The second-order valence-electron chi connectivity index (χ2n) is 2.02. The Morgan fingerprint density at radius 1 is 1.40 bits per heavy atom. The summed E-state index contributed by atoms with van der Waals surface area (Å²) in [6, 6.07) is 0. The monoisotopic (exact) mass is 224 g/mol. The molecule has 1 atom stereocenters. The van der Waals surface area contributed by atoms with Gasteiger partial charge in [-0.15, -0.1) is 23.2 Å². The van der Waals surface area contributed by atoms with Gasteiger partial charge >= 0.3 is 0 Å². The summed E-state index contributed by atoms with van der Waals surface area (Å²) in [7, 11) is 1.46. The van der Waals surface area contributed by atoms with Crippen molar-refractivity contribution in [2.75, 3.05) is 5.75 Å². The predicted octanol–water partition coefficient (Wildman–Crippen LogP) is 1.99. The Balaban J connectivity index is 3.93. The fourth-order valence-corrected chi connectivity index (χ4v) is 2.19. The largest absolute Gasteiger partial charge is 0.232 e. The van der Waals surface area contributed by atoms with E-state index >= 15 is 0 Å². The van der Waals surface area contributed by atoms with Crippen LogP contribution in [0.2, 0.25) is 0 Å². The molecule has 0 amide bonds. The average molecular weight is 226 g/mol. The minimum atomic E-state index is -3.47. The van der Waals surface area contributed by atoms with E-state index < -0.39 is 13.9 Å². The Morgan fingerprint density at radius 2 is 1.80 bits per heavy atom. The lowest BCUT2D eigenvalue weighted by Gasteiger charge is -2.07. The minimum absolute atomic E-state index is 0.188. The van der Waals surface area contributed by atoms with E-state index in [0.29, 0.717) is 0 Å². The van der Waals surface area contributed by atoms with Gasteiger partial charge in [0, 0.05) is 16.6 Å². The van der Waals surface area contributed by atoms with E-state index in [9.17, 15) is 8.42 Å². The Kier molecular flexibility index (Phi) is 4.33. The first-order chi connectivity index (χ1) is 4.33. The van der Waals surface area contributed by atoms with E-state index in [0.717, 1.165) is 0 Å². The summed E-state index contributed by atoms with van der Waals surface area (Å²) in [6.45, 7) is 1.62. The number of rotatable bonds is 3. The summed E-state index contributed by atoms with van der Waals surface area (Å²) in [5.74, 6) is -0.516. The van der Waals surface area contributed by atoms with Crippen molar-refractivity contribution in [3.8, 4) is 0 Å². The first-order valence-corrected chi connectivity index (χ1v) is 5.88. The van der Waals surface area contributed by atoms with Crippen LogP contribution in [0.3, 0.4) is 0 Å². The van der Waals surface area contributed by atoms with Crippen LogP contribution >= 0.6 is 33.9 Å². The first kappa shape index (κ1) is 10.8. The molecule has 0 radical (unpaired) electrons. The van der Waals surface area contributed by atoms with Gasteiger partial charge in [-0.25, -0.2) is 8.42 Å². The molecule has 0 N–H and O–H groups in total. The number of halogens is 3. The molecule has 0 aromatic heterocycles. The van der Waals surface area contributed by atoms with Gasteiger partial charge in [-0.2, -0.15) is 0 Å². The summed E-state index contributed by atoms with van der Waals surface area (Å²) < 4.78 is 20.8. The molecule has 0 fully saturated rings. The van der Waals surface area contributed by atoms with Gasteiger partial charge in [-0.1, -0.05) is 6.92 Å². The van der Waals surface area contributed by atoms with Gasteiger partial charge in [-0.3, -0.25) is 0 Å². The highest BCUT2D eigenvalue weighted by atomic mass is 35.7. The van der Waals surface area contributed by atoms with Crippen molar-refractivity contribution in [1.82, 2.24) is 0 Å². The third-order valence-corrected chi connectivity index (χ3v) is 3.05. The van der Waals surface area contributed by atoms with Crippen molar-refractivity contribution in [3.05, 3.63) is 0 Å². The molecule has 0 spiro atoms. The molecule has 0 aliphatic heterocycles. The van der Waals surface area contributed by atoms with Crippen LogP contribution in [0.1, 0.15) is 6.92 Å². The smallest absolute Gasteiger partial charge is 0.212 e. The Hall–Kier alpha value is 0.820. The van der Waals surface area contributed by atoms with Gasteiger partial charge < -0.3 is 0 Å². The summed E-state index contributed by atoms with van der Waals surface area (Å²) in [6.07, 6.45) is 0. The minimum Gasteiger partial charge on any atom is -0.212 e. The molecule has 0 saturated heterocycles. The molecule has 0 aliphatic carbocycles. The highest BCUT2D eigenvalue weighted by Gasteiger charge is 2.17. The van der Waals surface area contributed by atoms with Crippen LogP contribution < -0.4 is 0 Å². The standard InChI is InChI=1S/C4H7Cl3O2S/c1-3(4(5)6)2-10(7,8)9/h3-4H,2H2,1H3. The zero-order valence-electron chi connectivity index (χ0n) is 5.22. The molecule has 10 heavy (non-hydrogen) atoms. The molecule has 0 aromatic rings. The van der Waals surface area contributed by atoms with Crippen LogP contribution in [0, 0.1) is 5.92 Å². The molecule has 0 aromatic carbocycles. The van der Waals surface area contributed by atoms with Crippen molar-refractivity contribution < 1.29 is 8.42 Å². The summed E-state index contributed by atoms with van der Waals surface area (Å²) in [5, 5.41) is 0. The fraction of sp³-hybridized carbons (Fsp3) is 1.00. The molecule has 0 bridgehead atoms. The van der Waals surface area contributed by atoms with Crippen molar-refractivity contribution in [2.24, 2.45) is 5.92 Å². The van der Waals surface area contributed by atoms with Gasteiger partial charge in [0.15, 0.2) is 0 Å². The van der Waals surface area contributed by atoms with Crippen molar-refractivity contribution in [1.29, 1.82) is 0 Å². The average Bonchev–Trinajstić information content (AvgIpc) is 1.60. The molecular formula is C4H7Cl3O2S. The van der Waals surface area contributed by atoms with Crippen molar-refractivity contribution >= 4 is 42.9 Å². The van der Waals surface area contributed by atoms with E-state index in [4.69, 9.17) is 33.9 Å². The molecular weight excluding hydrogens is 218 g/mol. The lowest BCUT2D eigenvalue weighted by Crippen LogP contribution is -2.14. The maximum absolute atomic E-state index is 10.4. The second-order valence-corrected chi connectivity index (χ2v) is 6.00. The SMILES string of the molecule is CC(CS(=O)(=O)Cl)C(Cl)Cl. The fourth-order valence-electron chi connectivity index (χ4n) is 0.387. The zero-order chi connectivity index (χ0) is 8.36. The number of hydrogen-bond acceptors (Lipinski definition) is 2. The predicted molar refractivity (Wildman–Crippen MR) is 44.3 cm³/mol. The van der Waals surface area contributed by atoms with Crippen LogP contribution in [-0.2, 0) is 9.05 Å². The van der Waals surface area contributed by atoms with Crippen molar-refractivity contribution in [3.63, 3.8) is 0 Å². The summed E-state index contributed by atoms with van der Waals surface area (Å²) in [4.78, 5) is -0.687. The molecule has 0 saturated carbocycles. The van der Waals surface area contributed by atoms with Crippen LogP contribution in [0.15, 0.2) is 0 Å². The topological polar surface area (TPSA) is 34.1 Å². The van der Waals surface area contributed by atoms with Crippen molar-refractivity contribution in [2.45, 2.75) is 11.8 Å². The van der Waals surface area contributed by atoms with Gasteiger partial charge in [0.1, 0.15) is 4.84 Å². The third-order valence-electron chi connectivity index (χ3n) is 0.892. The van der Waals surface area contributed by atoms with E-state index in [1.807, 2.05) is 0 Å². The number of hydrogen-bond donors (Lipinski definition) is 0. The maximum atomic E-state index is 10.4. The van der Waals surface area contributed by atoms with Gasteiger partial charge in [0.2, 0.25) is 9.05 Å². The number of alkyl halides is 2. The Morgan fingerprint density at radius 3 is 1.90 bits per heavy atom. The highest BCUT2D eigenvalue weighted by molar-refractivity contribution is 8.13. The molecule has 0 heterocycles. The molecule has 0 rings (SSSR count). The van der Waals surface area contributed by atoms with Crippen LogP contribution in [0.25, 0.3) is 0 Å². The molecule has 0 aliphatic rings. The molecule has 62 valence electrons. The quantitative estimate of drug-likeness (QED) is 0.544. The zero-order valence-corrected chi connectivity index (χ0v) is 8.30. The molecule has 6 heteroatoms. The van der Waals surface area contributed by atoms with Gasteiger partial charge in [0.25, 0.3) is 0 Å². The normalized spacial score (nSPS) is 15.7. The maximum Gasteiger partial charge on any atom is 0.232 e. The third kappa shape index (κ3) is 5.59. The van der Waals surface area contributed by atoms with Crippen LogP contribution in [0.5, 0.6) is 0 Å². The Labute approximate surface area is 74.9 Å². The highest BCUT2D eigenvalue weighted by Crippen LogP contribution is 2.17. The first-order valence-electron chi connectivity index (χ1n) is 2.53. The van der Waals surface area contributed by atoms with E-state index in [2.05, 4.69) is 0 Å². The van der Waals surface area contributed by atoms with Gasteiger partial charge in [-0.05, 0) is 0 Å². The summed E-state index contributed by atoms with van der Waals surface area (Å²) >= 11 is 10.8. The van der Waals surface area contributed by atoms with E-state index in [1.54, 1.807) is 6.92 Å². The second kappa shape index (κ2) is 4.00. The molecule has 1 unspecified atom stereocenters. The lowest BCUT2D eigenvalue weighted by molar-refractivity contribution is 0.593. The van der Waals surface area contributed by atoms with Gasteiger partial charge in [0.05, 0.1) is 5.75 Å². The lowest BCUT2D eigenvalue weighted by atomic mass is 10.3. The van der Waals surface area contributed by atoms with E-state index in [-0.39, 0.29) is 11.7 Å². The van der Waals surface area contributed by atoms with Crippen LogP contribution in [0.4, 0.5) is 0 Å². The molecule has 2 nitrogen and oxygen atoms in total. The van der Waals surface area contributed by atoms with E-state index in [1.165, 1.54) is 0 Å².